The van der Waals surface area contributed by atoms with Crippen molar-refractivity contribution in [3.8, 4) is 11.1 Å². The summed E-state index contributed by atoms with van der Waals surface area (Å²) in [6.07, 6.45) is -3.84. The molecule has 0 bridgehead atoms. The summed E-state index contributed by atoms with van der Waals surface area (Å²) in [4.78, 5) is 38.1. The summed E-state index contributed by atoms with van der Waals surface area (Å²) in [5, 5.41) is 30.7. The van der Waals surface area contributed by atoms with Crippen LogP contribution >= 0.6 is 8.19 Å². The van der Waals surface area contributed by atoms with Gasteiger partial charge in [0.25, 0.3) is 0 Å². The number of ketones is 1. The fraction of sp³-hybridized carbons (Fsp3) is 0.364. The van der Waals surface area contributed by atoms with E-state index in [-0.39, 0.29) is 0 Å². The Hall–Kier alpha value is -2.64. The topological polar surface area (TPSA) is 130 Å². The van der Waals surface area contributed by atoms with Gasteiger partial charge in [-0.25, -0.2) is 0 Å². The van der Waals surface area contributed by atoms with E-state index >= 15 is 0 Å². The first-order valence-electron chi connectivity index (χ1n) is 9.71. The van der Waals surface area contributed by atoms with E-state index in [4.69, 9.17) is 9.47 Å². The molecule has 8 nitrogen and oxygen atoms in total. The molecule has 2 aromatic rings. The number of carbonyl (C=O) groups excluding carboxylic acids is 3. The number of hydrogen-bond acceptors (Lipinski definition) is 8. The van der Waals surface area contributed by atoms with Crippen LogP contribution in [0.2, 0.25) is 0 Å². The zero-order chi connectivity index (χ0) is 22.8. The van der Waals surface area contributed by atoms with Crippen molar-refractivity contribution in [1.82, 2.24) is 0 Å². The van der Waals surface area contributed by atoms with Crippen molar-refractivity contribution in [2.75, 3.05) is 0 Å². The second-order valence-electron chi connectivity index (χ2n) is 7.37. The summed E-state index contributed by atoms with van der Waals surface area (Å²) < 4.78 is 9.53. The third-order valence-corrected chi connectivity index (χ3v) is 6.10. The van der Waals surface area contributed by atoms with Crippen molar-refractivity contribution in [1.29, 1.82) is 0 Å². The standard InChI is InChI=1S/C22H23O8P/c1-12(23)29-18(25)10-14(21(27)30-13(2)24)11-22(28)19(26)16-7-4-3-6-15(16)17-8-5-9-31-20(17)22/h3-9,12-14,23-24,28H,10-11H2,1-2H3. The van der Waals surface area contributed by atoms with Crippen LogP contribution in [0.3, 0.4) is 0 Å². The van der Waals surface area contributed by atoms with Gasteiger partial charge in [0.2, 0.25) is 0 Å². The molecular weight excluding hydrogens is 423 g/mol. The number of fused-ring (bicyclic) bond motifs is 3. The van der Waals surface area contributed by atoms with E-state index in [1.807, 2.05) is 6.07 Å². The highest BCUT2D eigenvalue weighted by Gasteiger charge is 2.48. The first-order valence-corrected chi connectivity index (χ1v) is 10.7. The number of esters is 2. The van der Waals surface area contributed by atoms with Crippen LogP contribution in [0.15, 0.2) is 42.2 Å². The first kappa shape index (κ1) is 23.0. The predicted octanol–water partition coefficient (Wildman–Crippen LogP) is 2.48. The molecule has 0 aliphatic heterocycles. The Bertz CT molecular complexity index is 1000. The summed E-state index contributed by atoms with van der Waals surface area (Å²) in [6, 6.07) is 10.4. The summed E-state index contributed by atoms with van der Waals surface area (Å²) in [7, 11) is 0.580. The van der Waals surface area contributed by atoms with Crippen molar-refractivity contribution in [2.45, 2.75) is 44.9 Å². The average molecular weight is 446 g/mol. The number of aliphatic hydroxyl groups excluding tert-OH is 2. The van der Waals surface area contributed by atoms with Crippen molar-refractivity contribution >= 4 is 25.9 Å². The smallest absolute Gasteiger partial charge is 0.311 e. The van der Waals surface area contributed by atoms with E-state index in [1.54, 1.807) is 36.1 Å². The molecule has 1 aliphatic rings. The summed E-state index contributed by atoms with van der Waals surface area (Å²) in [6.45, 7) is 2.45. The Morgan fingerprint density at radius 2 is 1.61 bits per heavy atom. The lowest BCUT2D eigenvalue weighted by molar-refractivity contribution is -0.178. The van der Waals surface area contributed by atoms with E-state index in [2.05, 4.69) is 0 Å². The number of ether oxygens (including phenoxy) is 2. The van der Waals surface area contributed by atoms with Gasteiger partial charge in [-0.3, -0.25) is 14.4 Å². The first-order chi connectivity index (χ1) is 14.6. The molecule has 31 heavy (non-hydrogen) atoms. The Balaban J connectivity index is 2.02. The third-order valence-electron chi connectivity index (χ3n) is 4.91. The third kappa shape index (κ3) is 4.83. The van der Waals surface area contributed by atoms with Crippen LogP contribution in [0.25, 0.3) is 11.1 Å². The minimum Gasteiger partial charge on any atom is -0.436 e. The van der Waals surface area contributed by atoms with E-state index in [0.29, 0.717) is 30.2 Å². The van der Waals surface area contributed by atoms with Gasteiger partial charge in [-0.05, 0) is 30.8 Å². The van der Waals surface area contributed by atoms with Crippen LogP contribution in [0.5, 0.6) is 0 Å². The second-order valence-corrected chi connectivity index (χ2v) is 8.37. The molecule has 4 atom stereocenters. The minimum atomic E-state index is -2.07. The molecule has 0 spiro atoms. The Morgan fingerprint density at radius 3 is 2.26 bits per heavy atom. The van der Waals surface area contributed by atoms with Crippen LogP contribution in [0.4, 0.5) is 0 Å². The van der Waals surface area contributed by atoms with Gasteiger partial charge in [-0.1, -0.05) is 44.6 Å². The van der Waals surface area contributed by atoms with Gasteiger partial charge in [0.1, 0.15) is 0 Å². The predicted molar refractivity (Wildman–Crippen MR) is 111 cm³/mol. The van der Waals surface area contributed by atoms with Crippen molar-refractivity contribution in [3.05, 3.63) is 53.1 Å². The van der Waals surface area contributed by atoms with Crippen LogP contribution in [0.1, 0.15) is 42.3 Å². The molecule has 0 fully saturated rings. The molecule has 0 saturated carbocycles. The van der Waals surface area contributed by atoms with Gasteiger partial charge in [-0.15, -0.1) is 0 Å². The molecule has 1 aromatic carbocycles. The molecule has 0 radical (unpaired) electrons. The Morgan fingerprint density at radius 1 is 1.00 bits per heavy atom. The maximum absolute atomic E-state index is 13.4. The van der Waals surface area contributed by atoms with Crippen molar-refractivity contribution in [3.63, 3.8) is 0 Å². The Labute approximate surface area is 180 Å². The molecule has 3 N–H and O–H groups in total. The number of benzene rings is 1. The van der Waals surface area contributed by atoms with Gasteiger partial charge in [0.05, 0.1) is 12.3 Å². The zero-order valence-corrected chi connectivity index (χ0v) is 17.9. The van der Waals surface area contributed by atoms with Crippen LogP contribution < -0.4 is 0 Å². The number of Topliss-reactive ketones (excluding diaryl/α,β-unsaturated/α-hetero) is 1. The number of carbonyl (C=O) groups is 3. The Kier molecular flexibility index (Phi) is 6.86. The van der Waals surface area contributed by atoms with Crippen molar-refractivity contribution < 1.29 is 39.2 Å². The fourth-order valence-electron chi connectivity index (χ4n) is 3.69. The lowest BCUT2D eigenvalue weighted by atomic mass is 9.74. The van der Waals surface area contributed by atoms with Crippen molar-refractivity contribution in [2.24, 2.45) is 5.92 Å². The summed E-state index contributed by atoms with van der Waals surface area (Å²) in [5.74, 6) is -1.99. The molecular formula is C22H23O8P. The van der Waals surface area contributed by atoms with Gasteiger partial charge in [-0.2, -0.15) is 0 Å². The SMILES string of the molecule is CC(O)OC(=O)CC(CC1(O)C(=O)c2ccccc2-c2cccpc21)C(=O)OC(C)O. The maximum Gasteiger partial charge on any atom is 0.311 e. The second kappa shape index (κ2) is 9.24. The minimum absolute atomic E-state index is 0.305. The molecule has 3 rings (SSSR count). The van der Waals surface area contributed by atoms with E-state index in [1.165, 1.54) is 13.8 Å². The molecule has 0 saturated heterocycles. The molecule has 1 aromatic heterocycles. The highest BCUT2D eigenvalue weighted by atomic mass is 31.0. The largest absolute Gasteiger partial charge is 0.436 e. The lowest BCUT2D eigenvalue weighted by Crippen LogP contribution is -2.42. The van der Waals surface area contributed by atoms with Gasteiger partial charge < -0.3 is 24.8 Å². The lowest BCUT2D eigenvalue weighted by Gasteiger charge is -2.35. The molecule has 164 valence electrons. The number of rotatable bonds is 7. The molecule has 0 amide bonds. The van der Waals surface area contributed by atoms with Crippen LogP contribution in [0, 0.1) is 5.92 Å². The number of aliphatic hydroxyl groups is 3. The normalized spacial score (nSPS) is 20.4. The monoisotopic (exact) mass is 446 g/mol. The summed E-state index contributed by atoms with van der Waals surface area (Å²) in [5.41, 5.74) is -0.406. The van der Waals surface area contributed by atoms with Gasteiger partial charge >= 0.3 is 11.9 Å². The van der Waals surface area contributed by atoms with E-state index in [9.17, 15) is 29.7 Å². The van der Waals surface area contributed by atoms with Crippen LogP contribution in [-0.4, -0.2) is 45.6 Å². The molecule has 9 heteroatoms. The average Bonchev–Trinajstić information content (AvgIpc) is 2.71. The fourth-order valence-corrected chi connectivity index (χ4v) is 4.75. The summed E-state index contributed by atoms with van der Waals surface area (Å²) >= 11 is 0. The highest BCUT2D eigenvalue weighted by Crippen LogP contribution is 2.48. The molecule has 1 heterocycles. The highest BCUT2D eigenvalue weighted by molar-refractivity contribution is 7.30. The van der Waals surface area contributed by atoms with Gasteiger partial charge in [0, 0.05) is 17.3 Å². The van der Waals surface area contributed by atoms with E-state index in [0.717, 1.165) is 0 Å². The number of hydrogen-bond donors (Lipinski definition) is 3. The zero-order valence-electron chi connectivity index (χ0n) is 17.0. The maximum atomic E-state index is 13.4. The van der Waals surface area contributed by atoms with Gasteiger partial charge in [0.15, 0.2) is 24.0 Å². The van der Waals surface area contributed by atoms with Crippen LogP contribution in [-0.2, 0) is 24.7 Å². The quantitative estimate of drug-likeness (QED) is 0.437. The van der Waals surface area contributed by atoms with E-state index < -0.39 is 54.7 Å². The molecule has 1 aliphatic carbocycles. The molecule has 4 unspecified atom stereocenters.